The fraction of sp³-hybridized carbons (Fsp3) is 0.648. The molecule has 2 saturated carbocycles. The third-order valence-corrected chi connectivity index (χ3v) is 13.4. The van der Waals surface area contributed by atoms with Crippen LogP contribution in [-0.2, 0) is 19.0 Å². The molecule has 2 aliphatic carbocycles. The monoisotopic (exact) mass is 811 g/mol. The van der Waals surface area contributed by atoms with Crippen molar-refractivity contribution in [3.05, 3.63) is 107 Å². The summed E-state index contributed by atoms with van der Waals surface area (Å²) in [7, 11) is 0. The average Bonchev–Trinajstić information content (AvgIpc) is 3.61. The van der Waals surface area contributed by atoms with E-state index in [2.05, 4.69) is 155 Å². The van der Waals surface area contributed by atoms with Gasteiger partial charge >= 0.3 is 5.97 Å². The molecule has 0 radical (unpaired) electrons. The number of fused-ring (bicyclic) bond motifs is 2. The highest BCUT2D eigenvalue weighted by atomic mass is 16.6. The summed E-state index contributed by atoms with van der Waals surface area (Å²) in [6, 6.07) is 0. The first-order chi connectivity index (χ1) is 27.9. The summed E-state index contributed by atoms with van der Waals surface area (Å²) in [5, 5.41) is 10.4. The fourth-order valence-electron chi connectivity index (χ4n) is 10.2. The molecule has 2 heterocycles. The van der Waals surface area contributed by atoms with Crippen LogP contribution in [0, 0.1) is 10.8 Å². The Bertz CT molecular complexity index is 1690. The number of hydrogen-bond acceptors (Lipinski definition) is 5. The minimum atomic E-state index is -0.393. The quantitative estimate of drug-likeness (QED) is 0.0388. The molecular formula is C54H82O5. The zero-order valence-corrected chi connectivity index (χ0v) is 39.1. The number of epoxide rings is 1. The number of ether oxygens (including phenoxy) is 3. The first kappa shape index (κ1) is 48.7. The van der Waals surface area contributed by atoms with Crippen LogP contribution in [0.15, 0.2) is 107 Å². The number of esters is 1. The Morgan fingerprint density at radius 3 is 1.85 bits per heavy atom. The van der Waals surface area contributed by atoms with Crippen LogP contribution >= 0.6 is 0 Å². The number of aliphatic hydroxyl groups excluding tert-OH is 1. The first-order valence-corrected chi connectivity index (χ1v) is 23.2. The number of hydrogen-bond donors (Lipinski definition) is 1. The average molecular weight is 811 g/mol. The Morgan fingerprint density at radius 1 is 0.712 bits per heavy atom. The summed E-state index contributed by atoms with van der Waals surface area (Å²) in [6.45, 7) is 24.0. The molecule has 1 N–H and O–H groups in total. The van der Waals surface area contributed by atoms with Gasteiger partial charge in [0.05, 0.1) is 17.8 Å². The van der Waals surface area contributed by atoms with Gasteiger partial charge in [-0.15, -0.1) is 0 Å². The van der Waals surface area contributed by atoms with Gasteiger partial charge in [-0.25, -0.2) is 0 Å². The van der Waals surface area contributed by atoms with Crippen LogP contribution < -0.4 is 0 Å². The highest BCUT2D eigenvalue weighted by Gasteiger charge is 2.75. The lowest BCUT2D eigenvalue weighted by Gasteiger charge is -2.44. The fourth-order valence-corrected chi connectivity index (χ4v) is 10.2. The van der Waals surface area contributed by atoms with E-state index in [4.69, 9.17) is 14.2 Å². The van der Waals surface area contributed by atoms with Crippen molar-refractivity contribution in [1.82, 2.24) is 0 Å². The van der Waals surface area contributed by atoms with Crippen LogP contribution in [0.4, 0.5) is 0 Å². The molecule has 1 saturated heterocycles. The third-order valence-electron chi connectivity index (χ3n) is 13.4. The minimum absolute atomic E-state index is 0.0505. The largest absolute Gasteiger partial charge is 0.462 e. The molecule has 0 aromatic heterocycles. The molecule has 0 spiro atoms. The number of allylic oxidation sites excluding steroid dienone is 14. The van der Waals surface area contributed by atoms with Crippen molar-refractivity contribution in [3.8, 4) is 0 Å². The van der Waals surface area contributed by atoms with E-state index < -0.39 is 5.60 Å². The number of aliphatic hydroxyl groups is 1. The Kier molecular flexibility index (Phi) is 17.9. The normalized spacial score (nSPS) is 31.1. The highest BCUT2D eigenvalue weighted by molar-refractivity contribution is 5.69. The zero-order valence-electron chi connectivity index (χ0n) is 39.1. The summed E-state index contributed by atoms with van der Waals surface area (Å²) in [5.74, 6) is -0.0505. The van der Waals surface area contributed by atoms with Crippen molar-refractivity contribution in [3.63, 3.8) is 0 Å². The van der Waals surface area contributed by atoms with E-state index in [0.29, 0.717) is 12.8 Å². The van der Waals surface area contributed by atoms with Crippen LogP contribution in [0.2, 0.25) is 0 Å². The van der Waals surface area contributed by atoms with Gasteiger partial charge in [-0.3, -0.25) is 4.79 Å². The van der Waals surface area contributed by atoms with Crippen LogP contribution in [0.3, 0.4) is 0 Å². The van der Waals surface area contributed by atoms with Crippen molar-refractivity contribution in [2.75, 3.05) is 0 Å². The summed E-state index contributed by atoms with van der Waals surface area (Å²) in [5.41, 5.74) is 4.70. The van der Waals surface area contributed by atoms with Gasteiger partial charge in [-0.2, -0.15) is 0 Å². The molecule has 328 valence electrons. The molecule has 6 unspecified atom stereocenters. The Labute approximate surface area is 360 Å². The molecule has 4 aliphatic rings. The maximum atomic E-state index is 12.8. The van der Waals surface area contributed by atoms with Gasteiger partial charge in [0.15, 0.2) is 0 Å². The van der Waals surface area contributed by atoms with Crippen molar-refractivity contribution < 1.29 is 24.1 Å². The maximum absolute atomic E-state index is 12.8. The highest BCUT2D eigenvalue weighted by Crippen LogP contribution is 2.66. The zero-order chi connectivity index (χ0) is 43.3. The standard InChI is InChI=1S/C54H82O5/c1-12-13-14-15-16-17-18-19-20-21-22-33-49(56)57-46-39-51(8,9)54(53(11,40-46)59-54)35-34-43(4)30-25-29-41(2)27-23-24-28-42(3)31-26-32-44(5)47-36-48-50(6,7)37-45(55)38-52(48,10)58-47/h23-32,34-36,45-47,55H,12-22,33,37-40H2,1-11H3/b24-23+,29-25+,31-26+,35-34+,41-27+,42-28+,43-30+,44-32+. The number of rotatable bonds is 22. The Balaban J connectivity index is 1.17. The van der Waals surface area contributed by atoms with Crippen molar-refractivity contribution in [2.24, 2.45) is 10.8 Å². The molecule has 6 atom stereocenters. The summed E-state index contributed by atoms with van der Waals surface area (Å²) in [4.78, 5) is 12.8. The van der Waals surface area contributed by atoms with Crippen molar-refractivity contribution in [2.45, 2.75) is 214 Å². The lowest BCUT2D eigenvalue weighted by molar-refractivity contribution is -0.152. The van der Waals surface area contributed by atoms with E-state index in [1.165, 1.54) is 68.9 Å². The van der Waals surface area contributed by atoms with E-state index in [1.807, 2.05) is 0 Å². The van der Waals surface area contributed by atoms with Crippen LogP contribution in [-0.4, -0.2) is 46.2 Å². The van der Waals surface area contributed by atoms with E-state index in [9.17, 15) is 9.90 Å². The molecule has 0 amide bonds. The van der Waals surface area contributed by atoms with Gasteiger partial charge in [-0.05, 0) is 89.5 Å². The summed E-state index contributed by atoms with van der Waals surface area (Å²) in [6.07, 6.45) is 44.9. The predicted octanol–water partition coefficient (Wildman–Crippen LogP) is 14.2. The summed E-state index contributed by atoms with van der Waals surface area (Å²) < 4.78 is 19.1. The second-order valence-electron chi connectivity index (χ2n) is 20.1. The van der Waals surface area contributed by atoms with E-state index in [1.54, 1.807) is 0 Å². The molecular weight excluding hydrogens is 729 g/mol. The van der Waals surface area contributed by atoms with Crippen LogP contribution in [0.1, 0.15) is 179 Å². The van der Waals surface area contributed by atoms with Gasteiger partial charge in [0.2, 0.25) is 0 Å². The molecule has 59 heavy (non-hydrogen) atoms. The third kappa shape index (κ3) is 13.8. The summed E-state index contributed by atoms with van der Waals surface area (Å²) >= 11 is 0. The van der Waals surface area contributed by atoms with Crippen molar-refractivity contribution in [1.29, 1.82) is 0 Å². The van der Waals surface area contributed by atoms with Gasteiger partial charge in [0.25, 0.3) is 0 Å². The lowest BCUT2D eigenvalue weighted by Crippen LogP contribution is -2.47. The van der Waals surface area contributed by atoms with Gasteiger partial charge < -0.3 is 19.3 Å². The predicted molar refractivity (Wildman–Crippen MR) is 248 cm³/mol. The number of carbonyl (C=O) groups is 1. The molecule has 5 heteroatoms. The second-order valence-corrected chi connectivity index (χ2v) is 20.1. The number of unbranched alkanes of at least 4 members (excludes halogenated alkanes) is 10. The molecule has 0 bridgehead atoms. The first-order valence-electron chi connectivity index (χ1n) is 23.2. The van der Waals surface area contributed by atoms with Gasteiger partial charge in [0, 0.05) is 24.7 Å². The SMILES string of the molecule is CCCCCCCCCCCCCC(=O)OC1CC(C)(C)C2(/C=C/C(C)=C/C=C/C(C)=C/C=C/C=C(C)/C=C/C=C(\C)C3C=C4C(C)(C)CC(O)CC4(C)O3)OC2(C)C1. The topological polar surface area (TPSA) is 68.3 Å². The molecule has 2 aliphatic heterocycles. The van der Waals surface area contributed by atoms with E-state index >= 15 is 0 Å². The molecule has 0 aromatic rings. The molecule has 0 aromatic carbocycles. The van der Waals surface area contributed by atoms with Gasteiger partial charge in [0.1, 0.15) is 17.3 Å². The Morgan fingerprint density at radius 2 is 1.25 bits per heavy atom. The molecule has 5 nitrogen and oxygen atoms in total. The Hall–Kier alpha value is -2.99. The van der Waals surface area contributed by atoms with E-state index in [-0.39, 0.29) is 46.3 Å². The molecule has 4 rings (SSSR count). The minimum Gasteiger partial charge on any atom is -0.462 e. The number of carbonyl (C=O) groups excluding carboxylic acids is 1. The lowest BCUT2D eigenvalue weighted by atomic mass is 9.63. The van der Waals surface area contributed by atoms with Crippen LogP contribution in [0.25, 0.3) is 0 Å². The smallest absolute Gasteiger partial charge is 0.306 e. The van der Waals surface area contributed by atoms with Crippen molar-refractivity contribution >= 4 is 5.97 Å². The van der Waals surface area contributed by atoms with Gasteiger partial charge in [-0.1, -0.05) is 182 Å². The second kappa shape index (κ2) is 21.7. The maximum Gasteiger partial charge on any atom is 0.306 e. The van der Waals surface area contributed by atoms with Crippen LogP contribution in [0.5, 0.6) is 0 Å². The molecule has 3 fully saturated rings. The van der Waals surface area contributed by atoms with E-state index in [0.717, 1.165) is 48.8 Å².